The van der Waals surface area contributed by atoms with Gasteiger partial charge in [0, 0.05) is 18.5 Å². The Morgan fingerprint density at radius 3 is 2.27 bits per heavy atom. The summed E-state index contributed by atoms with van der Waals surface area (Å²) in [7, 11) is 0. The zero-order chi connectivity index (χ0) is 16.8. The highest BCUT2D eigenvalue weighted by Crippen LogP contribution is 2.48. The van der Waals surface area contributed by atoms with Gasteiger partial charge in [-0.3, -0.25) is 4.79 Å². The Morgan fingerprint density at radius 1 is 1.27 bits per heavy atom. The van der Waals surface area contributed by atoms with Crippen molar-refractivity contribution >= 4 is 5.97 Å². The van der Waals surface area contributed by atoms with Gasteiger partial charge in [-0.1, -0.05) is 13.8 Å². The maximum absolute atomic E-state index is 12.8. The van der Waals surface area contributed by atoms with Crippen molar-refractivity contribution in [3.63, 3.8) is 0 Å². The van der Waals surface area contributed by atoms with Gasteiger partial charge in [-0.25, -0.2) is 0 Å². The largest absolute Gasteiger partial charge is 0.459 e. The Hall–Kier alpha value is -0.690. The molecule has 2 aliphatic rings. The molecule has 0 aromatic heterocycles. The van der Waals surface area contributed by atoms with Gasteiger partial charge in [0.25, 0.3) is 0 Å². The summed E-state index contributed by atoms with van der Waals surface area (Å²) in [5.41, 5.74) is 4.31. The summed E-state index contributed by atoms with van der Waals surface area (Å²) in [4.78, 5) is 12.8. The van der Waals surface area contributed by atoms with Crippen molar-refractivity contribution < 1.29 is 19.0 Å². The van der Waals surface area contributed by atoms with Crippen LogP contribution in [0.15, 0.2) is 0 Å². The van der Waals surface area contributed by atoms with E-state index < -0.39 is 16.8 Å². The predicted octanol–water partition coefficient (Wildman–Crippen LogP) is 1.03. The van der Waals surface area contributed by atoms with E-state index in [0.29, 0.717) is 26.3 Å². The first-order valence-electron chi connectivity index (χ1n) is 7.91. The molecule has 128 valence electrons. The van der Waals surface area contributed by atoms with E-state index in [2.05, 4.69) is 19.2 Å². The number of nitrogens with two attached hydrogens (primary N) is 1. The molecule has 2 aliphatic heterocycles. The van der Waals surface area contributed by atoms with Gasteiger partial charge in [0.15, 0.2) is 0 Å². The third-order valence-corrected chi connectivity index (χ3v) is 4.37. The fourth-order valence-corrected chi connectivity index (χ4v) is 3.02. The van der Waals surface area contributed by atoms with Gasteiger partial charge in [0.1, 0.15) is 11.0 Å². The Labute approximate surface area is 133 Å². The van der Waals surface area contributed by atoms with Crippen molar-refractivity contribution in [3.8, 4) is 0 Å². The molecule has 2 heterocycles. The highest BCUT2D eigenvalue weighted by Gasteiger charge is 2.67. The van der Waals surface area contributed by atoms with Gasteiger partial charge >= 0.3 is 5.97 Å². The maximum Gasteiger partial charge on any atom is 0.319 e. The van der Waals surface area contributed by atoms with Gasteiger partial charge in [0.05, 0.1) is 19.3 Å². The maximum atomic E-state index is 12.8. The fourth-order valence-electron chi connectivity index (χ4n) is 3.02. The lowest BCUT2D eigenvalue weighted by atomic mass is 9.79. The number of hydrogen-bond donors (Lipinski definition) is 2. The molecular weight excluding hydrogens is 284 g/mol. The third-order valence-electron chi connectivity index (χ3n) is 4.37. The molecule has 0 aliphatic carbocycles. The van der Waals surface area contributed by atoms with Crippen LogP contribution in [0.5, 0.6) is 0 Å². The number of hydrogen-bond acceptors (Lipinski definition) is 6. The molecule has 1 spiro atoms. The average Bonchev–Trinajstić information content (AvgIpc) is 2.66. The molecular formula is C16H30N2O4. The summed E-state index contributed by atoms with van der Waals surface area (Å²) in [5.74, 6) is -1.39. The van der Waals surface area contributed by atoms with Gasteiger partial charge in [-0.2, -0.15) is 0 Å². The normalized spacial score (nSPS) is 33.9. The first-order chi connectivity index (χ1) is 9.96. The van der Waals surface area contributed by atoms with Crippen molar-refractivity contribution in [2.24, 2.45) is 16.6 Å². The van der Waals surface area contributed by atoms with E-state index >= 15 is 0 Å². The Kier molecular flexibility index (Phi) is 4.37. The standard InChI is InChI=1S/C16H30N2O4/c1-13(2,3)22-12(19)15(6)8-18-11(7-17)16(15)20-9-14(4,5)10-21-16/h11,18H,7-10,17H2,1-6H3. The Morgan fingerprint density at radius 2 is 1.82 bits per heavy atom. The molecule has 2 atom stereocenters. The van der Waals surface area contributed by atoms with Crippen molar-refractivity contribution in [3.05, 3.63) is 0 Å². The third kappa shape index (κ3) is 2.89. The van der Waals surface area contributed by atoms with E-state index in [1.165, 1.54) is 0 Å². The highest BCUT2D eigenvalue weighted by molar-refractivity contribution is 5.79. The zero-order valence-electron chi connectivity index (χ0n) is 14.6. The van der Waals surface area contributed by atoms with Crippen LogP contribution in [0.4, 0.5) is 0 Å². The van der Waals surface area contributed by atoms with Gasteiger partial charge in [-0.05, 0) is 27.7 Å². The van der Waals surface area contributed by atoms with Gasteiger partial charge in [0.2, 0.25) is 5.79 Å². The second-order valence-electron chi connectivity index (χ2n) is 8.41. The lowest BCUT2D eigenvalue weighted by Crippen LogP contribution is -2.64. The number of nitrogens with one attached hydrogen (secondary N) is 1. The van der Waals surface area contributed by atoms with E-state index in [1.54, 1.807) is 0 Å². The molecule has 2 unspecified atom stereocenters. The quantitative estimate of drug-likeness (QED) is 0.741. The summed E-state index contributed by atoms with van der Waals surface area (Å²) in [6.07, 6.45) is 0. The number of esters is 1. The van der Waals surface area contributed by atoms with E-state index in [4.69, 9.17) is 19.9 Å². The molecule has 3 N–H and O–H groups in total. The van der Waals surface area contributed by atoms with Crippen molar-refractivity contribution in [2.75, 3.05) is 26.3 Å². The molecule has 0 bridgehead atoms. The molecule has 6 nitrogen and oxygen atoms in total. The smallest absolute Gasteiger partial charge is 0.319 e. The van der Waals surface area contributed by atoms with Crippen LogP contribution in [-0.4, -0.2) is 49.7 Å². The van der Waals surface area contributed by atoms with Crippen LogP contribution in [0.3, 0.4) is 0 Å². The van der Waals surface area contributed by atoms with E-state index in [-0.39, 0.29) is 17.4 Å². The van der Waals surface area contributed by atoms with Crippen LogP contribution in [0, 0.1) is 10.8 Å². The summed E-state index contributed by atoms with van der Waals surface area (Å²) < 4.78 is 17.9. The van der Waals surface area contributed by atoms with Crippen molar-refractivity contribution in [1.82, 2.24) is 5.32 Å². The van der Waals surface area contributed by atoms with E-state index in [9.17, 15) is 4.79 Å². The van der Waals surface area contributed by atoms with Crippen molar-refractivity contribution in [2.45, 2.75) is 59.0 Å². The van der Waals surface area contributed by atoms with Gasteiger partial charge < -0.3 is 25.3 Å². The molecule has 0 aromatic carbocycles. The summed E-state index contributed by atoms with van der Waals surface area (Å²) in [5, 5.41) is 3.28. The molecule has 0 saturated carbocycles. The Balaban J connectivity index is 2.31. The topological polar surface area (TPSA) is 82.8 Å². The number of rotatable bonds is 2. The van der Waals surface area contributed by atoms with Crippen LogP contribution < -0.4 is 11.1 Å². The second-order valence-corrected chi connectivity index (χ2v) is 8.41. The minimum atomic E-state index is -1.07. The number of carbonyl (C=O) groups excluding carboxylic acids is 1. The monoisotopic (exact) mass is 314 g/mol. The molecule has 0 radical (unpaired) electrons. The lowest BCUT2D eigenvalue weighted by molar-refractivity contribution is -0.336. The van der Waals surface area contributed by atoms with Crippen LogP contribution in [0.25, 0.3) is 0 Å². The van der Waals surface area contributed by atoms with Crippen LogP contribution in [0.1, 0.15) is 41.5 Å². The van der Waals surface area contributed by atoms with Crippen molar-refractivity contribution in [1.29, 1.82) is 0 Å². The molecule has 6 heteroatoms. The zero-order valence-corrected chi connectivity index (χ0v) is 14.6. The van der Waals surface area contributed by atoms with Crippen LogP contribution in [-0.2, 0) is 19.0 Å². The predicted molar refractivity (Wildman–Crippen MR) is 83.2 cm³/mol. The fraction of sp³-hybridized carbons (Fsp3) is 0.938. The van der Waals surface area contributed by atoms with Gasteiger partial charge in [-0.15, -0.1) is 0 Å². The average molecular weight is 314 g/mol. The number of carbonyl (C=O) groups is 1. The number of ether oxygens (including phenoxy) is 3. The molecule has 2 fully saturated rings. The Bertz CT molecular complexity index is 434. The molecule has 2 rings (SSSR count). The SMILES string of the molecule is CC1(C)COC2(OC1)C(CN)NCC2(C)C(=O)OC(C)(C)C. The summed E-state index contributed by atoms with van der Waals surface area (Å²) in [6, 6.07) is -0.235. The molecule has 0 amide bonds. The molecule has 22 heavy (non-hydrogen) atoms. The minimum Gasteiger partial charge on any atom is -0.459 e. The highest BCUT2D eigenvalue weighted by atomic mass is 16.7. The second kappa shape index (κ2) is 5.44. The summed E-state index contributed by atoms with van der Waals surface area (Å²) in [6.45, 7) is 13.3. The first-order valence-corrected chi connectivity index (χ1v) is 7.91. The lowest BCUT2D eigenvalue weighted by Gasteiger charge is -2.49. The van der Waals surface area contributed by atoms with Crippen LogP contribution >= 0.6 is 0 Å². The van der Waals surface area contributed by atoms with E-state index in [0.717, 1.165) is 0 Å². The molecule has 2 saturated heterocycles. The minimum absolute atomic E-state index is 0.0815. The first kappa shape index (κ1) is 17.7. The van der Waals surface area contributed by atoms with E-state index in [1.807, 2.05) is 27.7 Å². The summed E-state index contributed by atoms with van der Waals surface area (Å²) >= 11 is 0. The van der Waals surface area contributed by atoms with Crippen LogP contribution in [0.2, 0.25) is 0 Å². The molecule has 0 aromatic rings.